The Balaban J connectivity index is 1.37. The second-order valence-electron chi connectivity index (χ2n) is 6.87. The zero-order chi connectivity index (χ0) is 20.4. The maximum Gasteiger partial charge on any atom is 0.243 e. The lowest BCUT2D eigenvalue weighted by Gasteiger charge is -2.34. The zero-order valence-corrected chi connectivity index (χ0v) is 17.2. The van der Waals surface area contributed by atoms with Crippen molar-refractivity contribution in [2.24, 2.45) is 0 Å². The van der Waals surface area contributed by atoms with Crippen molar-refractivity contribution in [1.29, 1.82) is 0 Å². The fourth-order valence-corrected chi connectivity index (χ4v) is 5.04. The second kappa shape index (κ2) is 8.23. The summed E-state index contributed by atoms with van der Waals surface area (Å²) in [5, 5.41) is 4.02. The van der Waals surface area contributed by atoms with E-state index in [1.807, 2.05) is 24.4 Å². The summed E-state index contributed by atoms with van der Waals surface area (Å²) in [5.74, 6) is -0.631. The largest absolute Gasteiger partial charge is 0.296 e. The number of nitrogens with zero attached hydrogens (tertiary/aromatic N) is 4. The number of piperazine rings is 1. The maximum atomic E-state index is 13.3. The van der Waals surface area contributed by atoms with Gasteiger partial charge in [0.1, 0.15) is 5.82 Å². The van der Waals surface area contributed by atoms with Gasteiger partial charge in [-0.25, -0.2) is 17.5 Å². The molecule has 9 heteroatoms. The van der Waals surface area contributed by atoms with Gasteiger partial charge in [0.25, 0.3) is 0 Å². The van der Waals surface area contributed by atoms with E-state index in [0.29, 0.717) is 26.2 Å². The molecule has 0 unspecified atom stereocenters. The Morgan fingerprint density at radius 1 is 1.03 bits per heavy atom. The Kier molecular flexibility index (Phi) is 5.69. The molecule has 1 fully saturated rings. The van der Waals surface area contributed by atoms with Crippen molar-refractivity contribution in [3.05, 3.63) is 77.3 Å². The monoisotopic (exact) mass is 434 g/mol. The third-order valence-corrected chi connectivity index (χ3v) is 7.16. The van der Waals surface area contributed by atoms with Crippen molar-refractivity contribution >= 4 is 21.6 Å². The normalized spacial score (nSPS) is 16.2. The van der Waals surface area contributed by atoms with Crippen LogP contribution < -0.4 is 0 Å². The Hall–Kier alpha value is -2.26. The van der Waals surface area contributed by atoms with Gasteiger partial charge in [0.15, 0.2) is 0 Å². The molecule has 0 N–H and O–H groups in total. The van der Waals surface area contributed by atoms with Crippen LogP contribution in [0.2, 0.25) is 5.02 Å². The molecule has 0 atom stereocenters. The first-order chi connectivity index (χ1) is 13.9. The predicted octanol–water partition coefficient (Wildman–Crippen LogP) is 3.17. The van der Waals surface area contributed by atoms with Crippen LogP contribution in [-0.2, 0) is 16.6 Å². The fraction of sp³-hybridized carbons (Fsp3) is 0.250. The second-order valence-corrected chi connectivity index (χ2v) is 9.22. The number of benzene rings is 2. The van der Waals surface area contributed by atoms with Crippen molar-refractivity contribution in [3.8, 4) is 5.69 Å². The highest BCUT2D eigenvalue weighted by molar-refractivity contribution is 7.89. The molecule has 0 bridgehead atoms. The van der Waals surface area contributed by atoms with E-state index in [4.69, 9.17) is 11.6 Å². The minimum absolute atomic E-state index is 0.0200. The lowest BCUT2D eigenvalue weighted by Crippen LogP contribution is -2.48. The molecule has 29 heavy (non-hydrogen) atoms. The third-order valence-electron chi connectivity index (χ3n) is 4.97. The molecule has 2 heterocycles. The number of hydrogen-bond acceptors (Lipinski definition) is 4. The van der Waals surface area contributed by atoms with Gasteiger partial charge in [-0.2, -0.15) is 9.40 Å². The van der Waals surface area contributed by atoms with Crippen molar-refractivity contribution in [3.63, 3.8) is 0 Å². The summed E-state index contributed by atoms with van der Waals surface area (Å²) in [6, 6.07) is 13.5. The van der Waals surface area contributed by atoms with Gasteiger partial charge in [0.2, 0.25) is 10.0 Å². The van der Waals surface area contributed by atoms with Gasteiger partial charge in [0.05, 0.1) is 15.6 Å². The van der Waals surface area contributed by atoms with E-state index in [9.17, 15) is 12.8 Å². The molecule has 0 spiro atoms. The first-order valence-corrected chi connectivity index (χ1v) is 11.0. The van der Waals surface area contributed by atoms with E-state index in [1.54, 1.807) is 10.9 Å². The van der Waals surface area contributed by atoms with Crippen molar-refractivity contribution in [1.82, 2.24) is 19.0 Å². The quantitative estimate of drug-likeness (QED) is 0.619. The van der Waals surface area contributed by atoms with Crippen molar-refractivity contribution < 1.29 is 12.8 Å². The van der Waals surface area contributed by atoms with E-state index in [2.05, 4.69) is 22.1 Å². The summed E-state index contributed by atoms with van der Waals surface area (Å²) < 4.78 is 42.1. The van der Waals surface area contributed by atoms with Gasteiger partial charge in [-0.05, 0) is 42.0 Å². The molecule has 6 nitrogen and oxygen atoms in total. The van der Waals surface area contributed by atoms with Gasteiger partial charge in [-0.15, -0.1) is 0 Å². The van der Waals surface area contributed by atoms with E-state index < -0.39 is 15.8 Å². The lowest BCUT2D eigenvalue weighted by molar-refractivity contribution is 0.181. The summed E-state index contributed by atoms with van der Waals surface area (Å²) in [6.45, 7) is 2.74. The summed E-state index contributed by atoms with van der Waals surface area (Å²) in [7, 11) is -3.68. The molecule has 1 aliphatic heterocycles. The van der Waals surface area contributed by atoms with Crippen LogP contribution in [0, 0.1) is 5.82 Å². The molecule has 0 aliphatic carbocycles. The van der Waals surface area contributed by atoms with Crippen molar-refractivity contribution in [2.45, 2.75) is 11.4 Å². The predicted molar refractivity (Wildman–Crippen MR) is 109 cm³/mol. The third kappa shape index (κ3) is 4.35. The molecule has 0 amide bonds. The molecule has 0 saturated carbocycles. The highest BCUT2D eigenvalue weighted by atomic mass is 35.5. The topological polar surface area (TPSA) is 58.4 Å². The van der Waals surface area contributed by atoms with E-state index in [0.717, 1.165) is 23.9 Å². The molecule has 0 radical (unpaired) electrons. The Labute approximate surface area is 174 Å². The van der Waals surface area contributed by atoms with Gasteiger partial charge in [-0.1, -0.05) is 23.7 Å². The summed E-state index contributed by atoms with van der Waals surface area (Å²) in [5.41, 5.74) is 2.15. The van der Waals surface area contributed by atoms with E-state index in [-0.39, 0.29) is 9.92 Å². The maximum absolute atomic E-state index is 13.3. The summed E-state index contributed by atoms with van der Waals surface area (Å²) in [6.07, 6.45) is 3.63. The zero-order valence-electron chi connectivity index (χ0n) is 15.6. The van der Waals surface area contributed by atoms with Gasteiger partial charge >= 0.3 is 0 Å². The van der Waals surface area contributed by atoms with Crippen LogP contribution in [0.5, 0.6) is 0 Å². The molecule has 1 saturated heterocycles. The van der Waals surface area contributed by atoms with Crippen molar-refractivity contribution in [2.75, 3.05) is 26.2 Å². The van der Waals surface area contributed by atoms with Crippen LogP contribution in [0.25, 0.3) is 5.69 Å². The highest BCUT2D eigenvalue weighted by Gasteiger charge is 2.29. The molecule has 1 aliphatic rings. The molecule has 4 rings (SSSR count). The fourth-order valence-electron chi connectivity index (χ4n) is 3.35. The molecule has 152 valence electrons. The van der Waals surface area contributed by atoms with Gasteiger partial charge in [0, 0.05) is 45.1 Å². The number of hydrogen-bond donors (Lipinski definition) is 0. The first-order valence-electron chi connectivity index (χ1n) is 9.20. The Morgan fingerprint density at radius 3 is 2.38 bits per heavy atom. The minimum Gasteiger partial charge on any atom is -0.296 e. The van der Waals surface area contributed by atoms with Crippen LogP contribution in [-0.4, -0.2) is 53.6 Å². The average Bonchev–Trinajstić information content (AvgIpc) is 3.26. The van der Waals surface area contributed by atoms with Gasteiger partial charge in [-0.3, -0.25) is 4.90 Å². The van der Waals surface area contributed by atoms with Crippen LogP contribution in [0.15, 0.2) is 65.8 Å². The smallest absolute Gasteiger partial charge is 0.243 e. The minimum atomic E-state index is -3.68. The first kappa shape index (κ1) is 20.0. The van der Waals surface area contributed by atoms with Crippen LogP contribution in [0.1, 0.15) is 5.56 Å². The van der Waals surface area contributed by atoms with Gasteiger partial charge < -0.3 is 0 Å². The molecule has 2 aromatic carbocycles. The molecular weight excluding hydrogens is 415 g/mol. The summed E-state index contributed by atoms with van der Waals surface area (Å²) in [4.78, 5) is 2.23. The molecule has 3 aromatic rings. The number of rotatable bonds is 5. The van der Waals surface area contributed by atoms with E-state index in [1.165, 1.54) is 16.4 Å². The Bertz CT molecular complexity index is 1080. The number of sulfonamides is 1. The average molecular weight is 435 g/mol. The van der Waals surface area contributed by atoms with Crippen LogP contribution in [0.4, 0.5) is 4.39 Å². The number of halogens is 2. The Morgan fingerprint density at radius 2 is 1.76 bits per heavy atom. The molecular formula is C20H20ClFN4O2S. The summed E-state index contributed by atoms with van der Waals surface area (Å²) >= 11 is 5.74. The van der Waals surface area contributed by atoms with Crippen LogP contribution in [0.3, 0.4) is 0 Å². The number of aromatic nitrogens is 2. The highest BCUT2D eigenvalue weighted by Crippen LogP contribution is 2.23. The SMILES string of the molecule is O=S(=O)(c1ccc(F)c(Cl)c1)N1CCN(Cc2ccc(-n3cccn3)cc2)CC1. The molecule has 1 aromatic heterocycles. The lowest BCUT2D eigenvalue weighted by atomic mass is 10.2. The van der Waals surface area contributed by atoms with Crippen LogP contribution >= 0.6 is 11.6 Å². The van der Waals surface area contributed by atoms with E-state index >= 15 is 0 Å². The standard InChI is InChI=1S/C20H20ClFN4O2S/c21-19-14-18(6-7-20(19)22)29(27,28)25-12-10-24(11-13-25)15-16-2-4-17(5-3-16)26-9-1-8-23-26/h1-9,14H,10-13,15H2.